The van der Waals surface area contributed by atoms with Crippen LogP contribution >= 0.6 is 11.8 Å². The van der Waals surface area contributed by atoms with Crippen LogP contribution in [0.4, 0.5) is 0 Å². The Morgan fingerprint density at radius 1 is 1.36 bits per heavy atom. The van der Waals surface area contributed by atoms with E-state index in [4.69, 9.17) is 9.15 Å². The number of hydrogen-bond donors (Lipinski definition) is 1. The number of carbonyl (C=O) groups is 1. The Kier molecular flexibility index (Phi) is 5.07. The molecule has 2 aromatic heterocycles. The fourth-order valence-corrected chi connectivity index (χ4v) is 3.78. The van der Waals surface area contributed by atoms with E-state index in [-0.39, 0.29) is 12.0 Å². The summed E-state index contributed by atoms with van der Waals surface area (Å²) >= 11 is 1.43. The molecule has 1 atom stereocenters. The van der Waals surface area contributed by atoms with Crippen LogP contribution in [0.3, 0.4) is 0 Å². The van der Waals surface area contributed by atoms with Crippen LogP contribution in [0.25, 0.3) is 0 Å². The number of ether oxygens (including phenoxy) is 1. The highest BCUT2D eigenvalue weighted by molar-refractivity contribution is 7.99. The second-order valence-corrected chi connectivity index (χ2v) is 7.45. The van der Waals surface area contributed by atoms with Gasteiger partial charge in [0, 0.05) is 12.5 Å². The van der Waals surface area contributed by atoms with Gasteiger partial charge in [-0.05, 0) is 37.8 Å². The Morgan fingerprint density at radius 3 is 3.00 bits per heavy atom. The molecule has 0 spiro atoms. The maximum atomic E-state index is 12.1. The minimum atomic E-state index is -0.0407. The highest BCUT2D eigenvalue weighted by atomic mass is 32.2. The lowest BCUT2D eigenvalue weighted by atomic mass is 10.2. The largest absolute Gasteiger partial charge is 0.467 e. The van der Waals surface area contributed by atoms with Gasteiger partial charge in [0.1, 0.15) is 11.6 Å². The van der Waals surface area contributed by atoms with Crippen LogP contribution < -0.4 is 5.32 Å². The highest BCUT2D eigenvalue weighted by Gasteiger charge is 2.31. The lowest BCUT2D eigenvalue weighted by Crippen LogP contribution is -2.24. The summed E-state index contributed by atoms with van der Waals surface area (Å²) in [6.45, 7) is 2.03. The summed E-state index contributed by atoms with van der Waals surface area (Å²) in [4.78, 5) is 12.1. The number of hydrogen-bond acceptors (Lipinski definition) is 6. The van der Waals surface area contributed by atoms with Gasteiger partial charge in [0.05, 0.1) is 31.2 Å². The Bertz CT molecular complexity index is 706. The molecule has 1 saturated carbocycles. The molecule has 0 bridgehead atoms. The molecular weight excluding hydrogens is 340 g/mol. The van der Waals surface area contributed by atoms with Crippen LogP contribution in [0.15, 0.2) is 28.0 Å². The molecule has 4 rings (SSSR count). The first-order chi connectivity index (χ1) is 12.3. The molecule has 2 fully saturated rings. The van der Waals surface area contributed by atoms with E-state index < -0.39 is 0 Å². The number of carbonyl (C=O) groups excluding carboxylic acids is 1. The summed E-state index contributed by atoms with van der Waals surface area (Å²) in [7, 11) is 0. The first kappa shape index (κ1) is 16.7. The molecule has 1 saturated heterocycles. The van der Waals surface area contributed by atoms with Gasteiger partial charge in [-0.1, -0.05) is 11.8 Å². The van der Waals surface area contributed by atoms with Crippen molar-refractivity contribution < 1.29 is 13.9 Å². The fourth-order valence-electron chi connectivity index (χ4n) is 2.99. The molecule has 2 aromatic rings. The zero-order valence-electron chi connectivity index (χ0n) is 14.0. The number of aromatic nitrogens is 3. The minimum absolute atomic E-state index is 0.0407. The summed E-state index contributed by atoms with van der Waals surface area (Å²) in [6.07, 6.45) is 6.39. The van der Waals surface area contributed by atoms with Crippen molar-refractivity contribution in [3.8, 4) is 0 Å². The molecule has 1 N–H and O–H groups in total. The molecule has 3 heterocycles. The van der Waals surface area contributed by atoms with E-state index in [1.54, 1.807) is 6.26 Å². The fraction of sp³-hybridized carbons (Fsp3) is 0.588. The van der Waals surface area contributed by atoms with Crippen molar-refractivity contribution in [1.29, 1.82) is 0 Å². The van der Waals surface area contributed by atoms with E-state index in [0.717, 1.165) is 42.7 Å². The van der Waals surface area contributed by atoms with Gasteiger partial charge in [0.25, 0.3) is 0 Å². The first-order valence-electron chi connectivity index (χ1n) is 8.76. The Hall–Kier alpha value is -1.80. The van der Waals surface area contributed by atoms with Gasteiger partial charge in [-0.25, -0.2) is 0 Å². The number of nitrogens with zero attached hydrogens (tertiary/aromatic N) is 3. The molecular formula is C17H22N4O3S. The summed E-state index contributed by atoms with van der Waals surface area (Å²) in [6, 6.07) is 3.65. The average molecular weight is 362 g/mol. The predicted octanol–water partition coefficient (Wildman–Crippen LogP) is 2.34. The molecule has 7 nitrogen and oxygen atoms in total. The number of nitrogens with one attached hydrogen (secondary N) is 1. The van der Waals surface area contributed by atoms with E-state index in [1.807, 2.05) is 12.1 Å². The van der Waals surface area contributed by atoms with Crippen LogP contribution in [0.5, 0.6) is 0 Å². The third-order valence-corrected chi connectivity index (χ3v) is 5.44. The minimum Gasteiger partial charge on any atom is -0.467 e. The van der Waals surface area contributed by atoms with Crippen LogP contribution in [-0.2, 0) is 22.6 Å². The van der Waals surface area contributed by atoms with E-state index in [2.05, 4.69) is 20.1 Å². The van der Waals surface area contributed by atoms with Gasteiger partial charge in [-0.3, -0.25) is 4.79 Å². The van der Waals surface area contributed by atoms with Gasteiger partial charge in [-0.2, -0.15) is 0 Å². The SMILES string of the molecule is O=C(CSc1nnc(C2CC2)n1C[C@H]1CCCO1)NCc1ccco1. The quantitative estimate of drug-likeness (QED) is 0.726. The Labute approximate surface area is 150 Å². The van der Waals surface area contributed by atoms with Crippen molar-refractivity contribution in [3.05, 3.63) is 30.0 Å². The lowest BCUT2D eigenvalue weighted by Gasteiger charge is -2.14. The number of rotatable bonds is 8. The highest BCUT2D eigenvalue weighted by Crippen LogP contribution is 2.40. The molecule has 0 unspecified atom stereocenters. The molecule has 1 amide bonds. The monoisotopic (exact) mass is 362 g/mol. The molecule has 0 radical (unpaired) electrons. The van der Waals surface area contributed by atoms with Crippen LogP contribution in [0.1, 0.15) is 43.2 Å². The average Bonchev–Trinajstić information content (AvgIpc) is 3.05. The predicted molar refractivity (Wildman–Crippen MR) is 92.2 cm³/mol. The third kappa shape index (κ3) is 4.24. The summed E-state index contributed by atoms with van der Waals surface area (Å²) in [5.41, 5.74) is 0. The zero-order valence-corrected chi connectivity index (χ0v) is 14.8. The van der Waals surface area contributed by atoms with E-state index in [0.29, 0.717) is 18.2 Å². The van der Waals surface area contributed by atoms with Gasteiger partial charge in [0.2, 0.25) is 5.91 Å². The van der Waals surface area contributed by atoms with Gasteiger partial charge in [-0.15, -0.1) is 10.2 Å². The molecule has 1 aliphatic heterocycles. The normalized spacial score (nSPS) is 20.1. The zero-order chi connectivity index (χ0) is 17.1. The number of thioether (sulfide) groups is 1. The van der Waals surface area contributed by atoms with Crippen molar-refractivity contribution in [2.45, 2.75) is 56.0 Å². The van der Waals surface area contributed by atoms with Crippen LogP contribution in [-0.4, -0.2) is 39.1 Å². The van der Waals surface area contributed by atoms with Crippen LogP contribution in [0.2, 0.25) is 0 Å². The Balaban J connectivity index is 1.35. The van der Waals surface area contributed by atoms with Gasteiger partial charge >= 0.3 is 0 Å². The third-order valence-electron chi connectivity index (χ3n) is 4.47. The smallest absolute Gasteiger partial charge is 0.230 e. The van der Waals surface area contributed by atoms with E-state index >= 15 is 0 Å². The second-order valence-electron chi connectivity index (χ2n) is 6.51. The van der Waals surface area contributed by atoms with Crippen molar-refractivity contribution in [3.63, 3.8) is 0 Å². The molecule has 8 heteroatoms. The van der Waals surface area contributed by atoms with E-state index in [9.17, 15) is 4.79 Å². The van der Waals surface area contributed by atoms with Crippen molar-refractivity contribution >= 4 is 17.7 Å². The summed E-state index contributed by atoms with van der Waals surface area (Å²) in [5.74, 6) is 2.59. The van der Waals surface area contributed by atoms with Gasteiger partial charge < -0.3 is 19.0 Å². The molecule has 0 aromatic carbocycles. The van der Waals surface area contributed by atoms with Crippen LogP contribution in [0, 0.1) is 0 Å². The Morgan fingerprint density at radius 2 is 2.28 bits per heavy atom. The number of amides is 1. The molecule has 25 heavy (non-hydrogen) atoms. The second kappa shape index (κ2) is 7.61. The standard InChI is InChI=1S/C17H22N4O3S/c22-15(18-9-13-3-1-7-23-13)11-25-17-20-19-16(12-5-6-12)21(17)10-14-4-2-8-24-14/h1,3,7,12,14H,2,4-6,8-11H2,(H,18,22)/t14-/m1/s1. The van der Waals surface area contributed by atoms with Gasteiger partial charge in [0.15, 0.2) is 5.16 Å². The molecule has 134 valence electrons. The van der Waals surface area contributed by atoms with E-state index in [1.165, 1.54) is 24.6 Å². The van der Waals surface area contributed by atoms with Crippen molar-refractivity contribution in [2.75, 3.05) is 12.4 Å². The lowest BCUT2D eigenvalue weighted by molar-refractivity contribution is -0.118. The topological polar surface area (TPSA) is 82.2 Å². The maximum Gasteiger partial charge on any atom is 0.230 e. The summed E-state index contributed by atoms with van der Waals surface area (Å²) in [5, 5.41) is 12.4. The van der Waals surface area contributed by atoms with Crippen molar-refractivity contribution in [2.24, 2.45) is 0 Å². The summed E-state index contributed by atoms with van der Waals surface area (Å²) < 4.78 is 13.1. The van der Waals surface area contributed by atoms with Crippen molar-refractivity contribution in [1.82, 2.24) is 20.1 Å². The molecule has 1 aliphatic carbocycles. The number of furan rings is 1. The first-order valence-corrected chi connectivity index (χ1v) is 9.75. The molecule has 2 aliphatic rings. The maximum absolute atomic E-state index is 12.1.